The van der Waals surface area contributed by atoms with Crippen molar-refractivity contribution >= 4 is 51.8 Å². The fraction of sp³-hybridized carbons (Fsp3) is 0.278. The number of carboxylic acids is 1. The Hall–Kier alpha value is -2.51. The van der Waals surface area contributed by atoms with Gasteiger partial charge in [0.25, 0.3) is 0 Å². The van der Waals surface area contributed by atoms with Crippen molar-refractivity contribution in [2.75, 3.05) is 5.32 Å². The first kappa shape index (κ1) is 17.9. The first-order valence-corrected chi connectivity index (χ1v) is 8.94. The van der Waals surface area contributed by atoms with Crippen LogP contribution in [0.1, 0.15) is 29.8 Å². The summed E-state index contributed by atoms with van der Waals surface area (Å²) in [5, 5.41) is 13.4. The van der Waals surface area contributed by atoms with Crippen molar-refractivity contribution in [1.29, 1.82) is 0 Å². The van der Waals surface area contributed by atoms with Gasteiger partial charge in [-0.05, 0) is 19.9 Å². The number of rotatable bonds is 3. The van der Waals surface area contributed by atoms with E-state index < -0.39 is 11.6 Å². The largest absolute Gasteiger partial charge is 0.486 e. The molecular weight excluding hydrogens is 391 g/mol. The van der Waals surface area contributed by atoms with Crippen LogP contribution < -0.4 is 10.1 Å². The summed E-state index contributed by atoms with van der Waals surface area (Å²) < 4.78 is 7.77. The Morgan fingerprint density at radius 2 is 2.00 bits per heavy atom. The van der Waals surface area contributed by atoms with Gasteiger partial charge < -0.3 is 19.7 Å². The first-order chi connectivity index (χ1) is 12.7. The summed E-state index contributed by atoms with van der Waals surface area (Å²) in [6, 6.07) is 1.53. The molecule has 3 heterocycles. The van der Waals surface area contributed by atoms with E-state index in [-0.39, 0.29) is 5.56 Å². The quantitative estimate of drug-likeness (QED) is 0.668. The fourth-order valence-electron chi connectivity index (χ4n) is 3.38. The number of ether oxygens (including phenoxy) is 1. The number of imidazole rings is 1. The van der Waals surface area contributed by atoms with Crippen LogP contribution in [-0.2, 0) is 13.5 Å². The van der Waals surface area contributed by atoms with E-state index in [0.29, 0.717) is 39.4 Å². The summed E-state index contributed by atoms with van der Waals surface area (Å²) in [7, 11) is 1.84. The lowest BCUT2D eigenvalue weighted by atomic mass is 9.99. The van der Waals surface area contributed by atoms with Crippen LogP contribution in [0.2, 0.25) is 10.0 Å². The van der Waals surface area contributed by atoms with E-state index in [0.717, 1.165) is 11.1 Å². The average molecular weight is 407 g/mol. The molecule has 0 atom stereocenters. The minimum absolute atomic E-state index is 0.104. The van der Waals surface area contributed by atoms with Gasteiger partial charge in [-0.2, -0.15) is 0 Å². The zero-order chi connectivity index (χ0) is 19.5. The Balaban J connectivity index is 1.92. The number of benzene rings is 1. The van der Waals surface area contributed by atoms with Crippen molar-refractivity contribution in [2.45, 2.75) is 25.9 Å². The zero-order valence-corrected chi connectivity index (χ0v) is 16.3. The van der Waals surface area contributed by atoms with Crippen LogP contribution in [0.5, 0.6) is 5.75 Å². The molecule has 27 heavy (non-hydrogen) atoms. The molecule has 0 saturated carbocycles. The molecule has 1 aliphatic rings. The summed E-state index contributed by atoms with van der Waals surface area (Å²) in [6.45, 7) is 3.85. The number of pyridine rings is 1. The molecule has 2 N–H and O–H groups in total. The Morgan fingerprint density at radius 3 is 2.63 bits per heavy atom. The predicted molar refractivity (Wildman–Crippen MR) is 104 cm³/mol. The van der Waals surface area contributed by atoms with E-state index >= 15 is 0 Å². The van der Waals surface area contributed by atoms with Crippen molar-refractivity contribution in [1.82, 2.24) is 14.5 Å². The summed E-state index contributed by atoms with van der Waals surface area (Å²) in [5.41, 5.74) is 2.29. The molecule has 0 fully saturated rings. The highest BCUT2D eigenvalue weighted by Crippen LogP contribution is 2.43. The van der Waals surface area contributed by atoms with Crippen molar-refractivity contribution < 1.29 is 14.6 Å². The van der Waals surface area contributed by atoms with Gasteiger partial charge in [0, 0.05) is 31.4 Å². The number of aryl methyl sites for hydroxylation is 1. The Labute approximate surface area is 164 Å². The normalized spacial score (nSPS) is 14.9. The van der Waals surface area contributed by atoms with E-state index in [1.165, 1.54) is 18.5 Å². The number of aromatic nitrogens is 3. The van der Waals surface area contributed by atoms with Crippen molar-refractivity contribution in [3.8, 4) is 5.75 Å². The summed E-state index contributed by atoms with van der Waals surface area (Å²) in [5.74, 6) is -0.171. The molecule has 0 spiro atoms. The van der Waals surface area contributed by atoms with Crippen LogP contribution in [0, 0.1) is 0 Å². The molecule has 3 aromatic rings. The number of fused-ring (bicyclic) bond motifs is 3. The first-order valence-electron chi connectivity index (χ1n) is 8.18. The molecule has 1 aromatic carbocycles. The highest BCUT2D eigenvalue weighted by molar-refractivity contribution is 6.39. The van der Waals surface area contributed by atoms with Crippen molar-refractivity contribution in [3.05, 3.63) is 39.6 Å². The van der Waals surface area contributed by atoms with Crippen LogP contribution in [-0.4, -0.2) is 31.2 Å². The highest BCUT2D eigenvalue weighted by atomic mass is 35.5. The molecule has 7 nitrogen and oxygen atoms in total. The van der Waals surface area contributed by atoms with Crippen molar-refractivity contribution in [2.24, 2.45) is 7.05 Å². The Kier molecular flexibility index (Phi) is 3.98. The van der Waals surface area contributed by atoms with E-state index in [4.69, 9.17) is 27.9 Å². The molecule has 0 unspecified atom stereocenters. The lowest BCUT2D eigenvalue weighted by molar-refractivity contribution is 0.0685. The standard InChI is InChI=1S/C18H16Cl2N4O3/c1-18(2)5-9-14-12(4-8(16(25)26)15(9)27-18)22-17(24(14)3)23-13-10(19)6-21-7-11(13)20/h4,6-7H,5H2,1-3H3,(H,25,26)(H,21,22,23). The third-order valence-corrected chi connectivity index (χ3v) is 5.08. The molecule has 0 radical (unpaired) electrons. The van der Waals surface area contributed by atoms with Gasteiger partial charge >= 0.3 is 5.97 Å². The molecular formula is C18H16Cl2N4O3. The Morgan fingerprint density at radius 1 is 1.33 bits per heavy atom. The van der Waals surface area contributed by atoms with Crippen LogP contribution >= 0.6 is 23.2 Å². The van der Waals surface area contributed by atoms with Gasteiger partial charge in [-0.1, -0.05) is 23.2 Å². The molecule has 4 rings (SSSR count). The van der Waals surface area contributed by atoms with E-state index in [9.17, 15) is 9.90 Å². The van der Waals surface area contributed by atoms with Crippen LogP contribution in [0.15, 0.2) is 18.5 Å². The maximum absolute atomic E-state index is 11.7. The zero-order valence-electron chi connectivity index (χ0n) is 14.8. The van der Waals surface area contributed by atoms with Crippen LogP contribution in [0.25, 0.3) is 11.0 Å². The summed E-state index contributed by atoms with van der Waals surface area (Å²) >= 11 is 12.4. The van der Waals surface area contributed by atoms with Crippen LogP contribution in [0.3, 0.4) is 0 Å². The number of carboxylic acid groups (broad SMARTS) is 1. The third-order valence-electron chi connectivity index (χ3n) is 4.51. The maximum atomic E-state index is 11.7. The molecule has 1 aliphatic heterocycles. The van der Waals surface area contributed by atoms with Gasteiger partial charge in [-0.25, -0.2) is 9.78 Å². The monoisotopic (exact) mass is 406 g/mol. The Bertz CT molecular complexity index is 1090. The van der Waals surface area contributed by atoms with Crippen LogP contribution in [0.4, 0.5) is 11.6 Å². The van der Waals surface area contributed by atoms with Crippen molar-refractivity contribution in [3.63, 3.8) is 0 Å². The number of nitrogens with zero attached hydrogens (tertiary/aromatic N) is 3. The second-order valence-corrected chi connectivity index (χ2v) is 7.86. The van der Waals surface area contributed by atoms with Gasteiger partial charge in [-0.3, -0.25) is 4.98 Å². The number of halogens is 2. The molecule has 0 saturated heterocycles. The maximum Gasteiger partial charge on any atom is 0.339 e. The second kappa shape index (κ2) is 6.00. The number of hydrogen-bond acceptors (Lipinski definition) is 5. The minimum Gasteiger partial charge on any atom is -0.486 e. The molecule has 0 aliphatic carbocycles. The minimum atomic E-state index is -1.05. The molecule has 2 aromatic heterocycles. The van der Waals surface area contributed by atoms with E-state index in [2.05, 4.69) is 15.3 Å². The summed E-state index contributed by atoms with van der Waals surface area (Å²) in [4.78, 5) is 20.2. The summed E-state index contributed by atoms with van der Waals surface area (Å²) in [6.07, 6.45) is 3.54. The van der Waals surface area contributed by atoms with Gasteiger partial charge in [0.1, 0.15) is 16.9 Å². The lowest BCUT2D eigenvalue weighted by Crippen LogP contribution is -2.25. The predicted octanol–water partition coefficient (Wildman–Crippen LogP) is 4.43. The van der Waals surface area contributed by atoms with E-state index in [1.807, 2.05) is 25.5 Å². The number of hydrogen-bond donors (Lipinski definition) is 2. The number of aromatic carboxylic acids is 1. The molecule has 0 bridgehead atoms. The smallest absolute Gasteiger partial charge is 0.339 e. The lowest BCUT2D eigenvalue weighted by Gasteiger charge is -2.17. The second-order valence-electron chi connectivity index (χ2n) is 7.04. The van der Waals surface area contributed by atoms with E-state index in [1.54, 1.807) is 0 Å². The van der Waals surface area contributed by atoms with Gasteiger partial charge in [0.15, 0.2) is 0 Å². The molecule has 0 amide bonds. The number of nitrogens with one attached hydrogen (secondary N) is 1. The fourth-order valence-corrected chi connectivity index (χ4v) is 3.84. The number of anilines is 2. The molecule has 9 heteroatoms. The topological polar surface area (TPSA) is 89.3 Å². The average Bonchev–Trinajstić information content (AvgIpc) is 3.05. The number of carbonyl (C=O) groups is 1. The SMILES string of the molecule is Cn1c(Nc2c(Cl)cncc2Cl)nc2cc(C(=O)O)c3c(c21)CC(C)(C)O3. The third kappa shape index (κ3) is 2.87. The molecule has 140 valence electrons. The van der Waals surface area contributed by atoms with Gasteiger partial charge in [0.2, 0.25) is 5.95 Å². The van der Waals surface area contributed by atoms with Gasteiger partial charge in [0.05, 0.1) is 26.8 Å². The highest BCUT2D eigenvalue weighted by Gasteiger charge is 2.36. The van der Waals surface area contributed by atoms with Gasteiger partial charge in [-0.15, -0.1) is 0 Å².